The van der Waals surface area contributed by atoms with Gasteiger partial charge in [-0.05, 0) is 45.5 Å². The summed E-state index contributed by atoms with van der Waals surface area (Å²) in [5.41, 5.74) is 0.836. The summed E-state index contributed by atoms with van der Waals surface area (Å²) in [5, 5.41) is 2.51. The van der Waals surface area contributed by atoms with Gasteiger partial charge in [0, 0.05) is 12.1 Å². The molecule has 0 radical (unpaired) electrons. The molecule has 182 valence electrons. The average Bonchev–Trinajstić information content (AvgIpc) is 2.86. The minimum Gasteiger partial charge on any atom is -0.496 e. The number of hydrogen-bond acceptors (Lipinski definition) is 4. The molecule has 0 fully saturated rings. The van der Waals surface area contributed by atoms with Gasteiger partial charge >= 0.3 is 0 Å². The Labute approximate surface area is 207 Å². The molecule has 3 aromatic carbocycles. The number of benzene rings is 3. The zero-order chi connectivity index (χ0) is 24.7. The van der Waals surface area contributed by atoms with Crippen molar-refractivity contribution in [3.8, 4) is 17.2 Å². The summed E-state index contributed by atoms with van der Waals surface area (Å²) >= 11 is 0. The van der Waals surface area contributed by atoms with Gasteiger partial charge in [0.2, 0.25) is 0 Å². The maximum absolute atomic E-state index is 13.3. The first-order valence-electron chi connectivity index (χ1n) is 11.1. The van der Waals surface area contributed by atoms with E-state index in [-0.39, 0.29) is 6.04 Å². The second kappa shape index (κ2) is 11.8. The molecule has 34 heavy (non-hydrogen) atoms. The number of rotatable bonds is 10. The van der Waals surface area contributed by atoms with Crippen molar-refractivity contribution >= 4 is 29.5 Å². The van der Waals surface area contributed by atoms with Crippen molar-refractivity contribution in [3.63, 3.8) is 0 Å². The first-order chi connectivity index (χ1) is 16.3. The predicted molar refractivity (Wildman–Crippen MR) is 144 cm³/mol. The second-order valence-corrected chi connectivity index (χ2v) is 13.0. The number of methoxy groups -OCH3 is 3. The first kappa shape index (κ1) is 26.2. The highest BCUT2D eigenvalue weighted by atomic mass is 32.2. The summed E-state index contributed by atoms with van der Waals surface area (Å²) in [4.78, 5) is 0. The highest BCUT2D eigenvalue weighted by Crippen LogP contribution is 2.45. The standard InChI is InChI=1S/C27H34NO4PS/c1-27(2,3)34(29)28-23(26-24(31-5)17-20(30-4)18-25(26)32-6)19-33(21-13-9-7-10-14-21)22-15-11-8-12-16-22/h7-18,23,28H,19H2,1-6H3/t23-,34?/m1/s1. The van der Waals surface area contributed by atoms with Crippen molar-refractivity contribution in [2.24, 2.45) is 0 Å². The molecule has 3 rings (SSSR count). The van der Waals surface area contributed by atoms with Crippen LogP contribution < -0.4 is 29.5 Å². The second-order valence-electron chi connectivity index (χ2n) is 8.78. The Hall–Kier alpha value is -2.40. The van der Waals surface area contributed by atoms with Gasteiger partial charge in [-0.1, -0.05) is 60.7 Å². The molecule has 0 aliphatic rings. The number of nitrogens with one attached hydrogen (secondary N) is 1. The molecule has 1 N–H and O–H groups in total. The molecule has 0 aliphatic carbocycles. The lowest BCUT2D eigenvalue weighted by molar-refractivity contribution is 0.364. The Balaban J connectivity index is 2.15. The lowest BCUT2D eigenvalue weighted by Crippen LogP contribution is -2.38. The van der Waals surface area contributed by atoms with Gasteiger partial charge in [0.25, 0.3) is 0 Å². The third kappa shape index (κ3) is 6.38. The lowest BCUT2D eigenvalue weighted by Gasteiger charge is -2.30. The van der Waals surface area contributed by atoms with Gasteiger partial charge in [0.15, 0.2) is 0 Å². The van der Waals surface area contributed by atoms with E-state index >= 15 is 0 Å². The molecule has 0 amide bonds. The van der Waals surface area contributed by atoms with Gasteiger partial charge in [-0.25, -0.2) is 8.93 Å². The Morgan fingerprint density at radius 3 is 1.68 bits per heavy atom. The van der Waals surface area contributed by atoms with E-state index in [1.807, 2.05) is 45.0 Å². The Morgan fingerprint density at radius 1 is 0.824 bits per heavy atom. The van der Waals surface area contributed by atoms with E-state index in [4.69, 9.17) is 14.2 Å². The van der Waals surface area contributed by atoms with Crippen molar-refractivity contribution < 1.29 is 18.4 Å². The Bertz CT molecular complexity index is 1020. The van der Waals surface area contributed by atoms with Crippen LogP contribution in [0.2, 0.25) is 0 Å². The van der Waals surface area contributed by atoms with Crippen molar-refractivity contribution in [2.75, 3.05) is 27.5 Å². The maximum Gasteiger partial charge on any atom is 0.131 e. The fourth-order valence-electron chi connectivity index (χ4n) is 3.63. The van der Waals surface area contributed by atoms with E-state index in [9.17, 15) is 4.21 Å². The van der Waals surface area contributed by atoms with E-state index in [0.29, 0.717) is 23.4 Å². The zero-order valence-electron chi connectivity index (χ0n) is 20.7. The van der Waals surface area contributed by atoms with E-state index in [0.717, 1.165) is 5.56 Å². The molecular formula is C27H34NO4PS. The molecule has 0 spiro atoms. The van der Waals surface area contributed by atoms with E-state index < -0.39 is 23.7 Å². The van der Waals surface area contributed by atoms with Crippen molar-refractivity contribution in [2.45, 2.75) is 31.6 Å². The summed E-state index contributed by atoms with van der Waals surface area (Å²) in [6.07, 6.45) is 0.713. The summed E-state index contributed by atoms with van der Waals surface area (Å²) in [6, 6.07) is 24.4. The lowest BCUT2D eigenvalue weighted by atomic mass is 10.1. The summed E-state index contributed by atoms with van der Waals surface area (Å²) < 4.78 is 33.3. The third-order valence-corrected chi connectivity index (χ3v) is 9.59. The highest BCUT2D eigenvalue weighted by molar-refractivity contribution is 7.84. The Morgan fingerprint density at radius 2 is 1.29 bits per heavy atom. The fraction of sp³-hybridized carbons (Fsp3) is 0.333. The summed E-state index contributed by atoms with van der Waals surface area (Å²) in [5.74, 6) is 1.91. The van der Waals surface area contributed by atoms with Gasteiger partial charge in [-0.3, -0.25) is 0 Å². The van der Waals surface area contributed by atoms with Crippen LogP contribution >= 0.6 is 7.92 Å². The van der Waals surface area contributed by atoms with Gasteiger partial charge in [-0.2, -0.15) is 0 Å². The minimum atomic E-state index is -1.31. The van der Waals surface area contributed by atoms with Crippen LogP contribution in [0.1, 0.15) is 32.4 Å². The molecule has 0 bridgehead atoms. The van der Waals surface area contributed by atoms with Crippen LogP contribution in [0.5, 0.6) is 17.2 Å². The van der Waals surface area contributed by atoms with Crippen LogP contribution in [-0.4, -0.2) is 36.4 Å². The molecule has 1 unspecified atom stereocenters. The molecule has 3 aromatic rings. The van der Waals surface area contributed by atoms with E-state index in [1.54, 1.807) is 21.3 Å². The molecule has 0 saturated heterocycles. The van der Waals surface area contributed by atoms with Crippen LogP contribution in [0.15, 0.2) is 72.8 Å². The normalized spacial score (nSPS) is 13.4. The van der Waals surface area contributed by atoms with Crippen LogP contribution in [0.25, 0.3) is 0 Å². The maximum atomic E-state index is 13.3. The van der Waals surface area contributed by atoms with E-state index in [2.05, 4.69) is 53.3 Å². The molecule has 0 saturated carbocycles. The molecular weight excluding hydrogens is 465 g/mol. The average molecular weight is 500 g/mol. The highest BCUT2D eigenvalue weighted by Gasteiger charge is 2.31. The summed E-state index contributed by atoms with van der Waals surface area (Å²) in [6.45, 7) is 5.90. The molecule has 7 heteroatoms. The van der Waals surface area contributed by atoms with Crippen LogP contribution in [-0.2, 0) is 11.0 Å². The van der Waals surface area contributed by atoms with Crippen molar-refractivity contribution in [1.29, 1.82) is 0 Å². The third-order valence-electron chi connectivity index (χ3n) is 5.41. The van der Waals surface area contributed by atoms with E-state index in [1.165, 1.54) is 10.6 Å². The molecule has 0 aliphatic heterocycles. The van der Waals surface area contributed by atoms with Gasteiger partial charge in [0.1, 0.15) is 17.2 Å². The first-order valence-corrected chi connectivity index (χ1v) is 13.8. The zero-order valence-corrected chi connectivity index (χ0v) is 22.4. The summed E-state index contributed by atoms with van der Waals surface area (Å²) in [7, 11) is 2.80. The molecule has 2 atom stereocenters. The van der Waals surface area contributed by atoms with Crippen molar-refractivity contribution in [3.05, 3.63) is 78.4 Å². The Kier molecular flexibility index (Phi) is 9.12. The van der Waals surface area contributed by atoms with Gasteiger partial charge in [-0.15, -0.1) is 0 Å². The smallest absolute Gasteiger partial charge is 0.131 e. The van der Waals surface area contributed by atoms with Crippen LogP contribution in [0.3, 0.4) is 0 Å². The van der Waals surface area contributed by atoms with Gasteiger partial charge in [0.05, 0.1) is 48.7 Å². The molecule has 0 aromatic heterocycles. The van der Waals surface area contributed by atoms with Crippen molar-refractivity contribution in [1.82, 2.24) is 4.72 Å². The molecule has 5 nitrogen and oxygen atoms in total. The monoisotopic (exact) mass is 499 g/mol. The van der Waals surface area contributed by atoms with Crippen LogP contribution in [0, 0.1) is 0 Å². The minimum absolute atomic E-state index is 0.289. The fourth-order valence-corrected chi connectivity index (χ4v) is 6.99. The number of hydrogen-bond donors (Lipinski definition) is 1. The predicted octanol–water partition coefficient (Wildman–Crippen LogP) is 4.94. The van der Waals surface area contributed by atoms with Gasteiger partial charge < -0.3 is 14.2 Å². The quantitative estimate of drug-likeness (QED) is 0.402. The van der Waals surface area contributed by atoms with Crippen LogP contribution in [0.4, 0.5) is 0 Å². The largest absolute Gasteiger partial charge is 0.496 e. The molecule has 0 heterocycles. The number of ether oxygens (including phenoxy) is 3. The SMILES string of the molecule is COc1cc(OC)c([C@@H](CP(c2ccccc2)c2ccccc2)NS(=O)C(C)(C)C)c(OC)c1. The topological polar surface area (TPSA) is 56.8 Å².